The molecule has 1 aliphatic carbocycles. The molecule has 0 saturated heterocycles. The van der Waals surface area contributed by atoms with Crippen molar-refractivity contribution >= 4 is 22.0 Å². The monoisotopic (exact) mass is 469 g/mol. The van der Waals surface area contributed by atoms with Gasteiger partial charge in [-0.3, -0.25) is 4.79 Å². The highest BCUT2D eigenvalue weighted by Crippen LogP contribution is 2.41. The zero-order valence-corrected chi connectivity index (χ0v) is 21.0. The maximum Gasteiger partial charge on any atom is 0.253 e. The number of aromatic amines is 1. The van der Waals surface area contributed by atoms with Gasteiger partial charge in [-0.2, -0.15) is 0 Å². The molecule has 7 heteroatoms. The second kappa shape index (κ2) is 9.57. The molecule has 1 fully saturated rings. The third kappa shape index (κ3) is 4.72. The van der Waals surface area contributed by atoms with Crippen molar-refractivity contribution in [1.82, 2.24) is 14.9 Å². The predicted octanol–water partition coefficient (Wildman–Crippen LogP) is 4.72. The highest BCUT2D eigenvalue weighted by Gasteiger charge is 2.30. The number of aromatic nitrogens is 2. The van der Waals surface area contributed by atoms with Gasteiger partial charge in [0.15, 0.2) is 11.1 Å². The van der Waals surface area contributed by atoms with Crippen molar-refractivity contribution in [3.8, 4) is 11.3 Å². The van der Waals surface area contributed by atoms with Crippen LogP contribution in [0.5, 0.6) is 0 Å². The van der Waals surface area contributed by atoms with Crippen molar-refractivity contribution in [2.45, 2.75) is 64.8 Å². The molecule has 0 radical (unpaired) electrons. The van der Waals surface area contributed by atoms with E-state index in [0.29, 0.717) is 23.6 Å². The van der Waals surface area contributed by atoms with Gasteiger partial charge in [0.1, 0.15) is 0 Å². The van der Waals surface area contributed by atoms with Gasteiger partial charge in [0.25, 0.3) is 5.56 Å². The van der Waals surface area contributed by atoms with Crippen molar-refractivity contribution in [3.63, 3.8) is 0 Å². The molecule has 33 heavy (non-hydrogen) atoms. The van der Waals surface area contributed by atoms with Gasteiger partial charge in [-0.05, 0) is 80.3 Å². The number of benzene rings is 1. The van der Waals surface area contributed by atoms with E-state index in [0.717, 1.165) is 53.7 Å². The Morgan fingerprint density at radius 3 is 2.64 bits per heavy atom. The summed E-state index contributed by atoms with van der Waals surface area (Å²) in [6.07, 6.45) is 4.88. The van der Waals surface area contributed by atoms with E-state index in [4.69, 9.17) is 4.55 Å². The minimum atomic E-state index is -1.70. The van der Waals surface area contributed by atoms with E-state index in [-0.39, 0.29) is 5.56 Å². The van der Waals surface area contributed by atoms with Crippen molar-refractivity contribution in [3.05, 3.63) is 57.0 Å². The van der Waals surface area contributed by atoms with Crippen LogP contribution >= 0.6 is 0 Å². The number of hydrogen-bond donors (Lipinski definition) is 3. The third-order valence-electron chi connectivity index (χ3n) is 7.18. The van der Waals surface area contributed by atoms with Crippen molar-refractivity contribution < 1.29 is 8.76 Å². The summed E-state index contributed by atoms with van der Waals surface area (Å²) in [6.45, 7) is 9.19. The predicted molar refractivity (Wildman–Crippen MR) is 137 cm³/mol. The Kier molecular flexibility index (Phi) is 6.93. The quantitative estimate of drug-likeness (QED) is 0.329. The van der Waals surface area contributed by atoms with Gasteiger partial charge in [-0.1, -0.05) is 19.9 Å². The highest BCUT2D eigenvalue weighted by molar-refractivity contribution is 7.79. The Morgan fingerprint density at radius 2 is 1.97 bits per heavy atom. The van der Waals surface area contributed by atoms with Crippen LogP contribution in [0.4, 0.5) is 0 Å². The SMILES string of the molecule is Cc1c(-c2[nH]c3ccc(C4CC(NCCCS(=O)O)C4)cc3c2C(C)C)cn(C)c(=O)c1C. The van der Waals surface area contributed by atoms with E-state index in [1.54, 1.807) is 4.57 Å². The molecule has 0 spiro atoms. The molecule has 6 nitrogen and oxygen atoms in total. The average molecular weight is 470 g/mol. The summed E-state index contributed by atoms with van der Waals surface area (Å²) in [7, 11) is 1.82. The minimum absolute atomic E-state index is 0.0542. The topological polar surface area (TPSA) is 87.1 Å². The highest BCUT2D eigenvalue weighted by atomic mass is 32.2. The smallest absolute Gasteiger partial charge is 0.253 e. The summed E-state index contributed by atoms with van der Waals surface area (Å²) >= 11 is -1.70. The molecule has 2 aromatic heterocycles. The van der Waals surface area contributed by atoms with E-state index in [2.05, 4.69) is 42.3 Å². The van der Waals surface area contributed by atoms with Crippen LogP contribution in [0, 0.1) is 13.8 Å². The fraction of sp³-hybridized carbons (Fsp3) is 0.500. The molecule has 3 aromatic rings. The molecule has 0 bridgehead atoms. The lowest BCUT2D eigenvalue weighted by Gasteiger charge is -2.36. The van der Waals surface area contributed by atoms with Gasteiger partial charge >= 0.3 is 0 Å². The van der Waals surface area contributed by atoms with Crippen molar-refractivity contribution in [2.24, 2.45) is 7.05 Å². The van der Waals surface area contributed by atoms with Crippen LogP contribution in [-0.4, -0.2) is 36.7 Å². The molecule has 178 valence electrons. The lowest BCUT2D eigenvalue weighted by Crippen LogP contribution is -2.40. The van der Waals surface area contributed by atoms with Crippen LogP contribution in [0.1, 0.15) is 67.2 Å². The molecule has 1 aliphatic rings. The first-order chi connectivity index (χ1) is 15.7. The van der Waals surface area contributed by atoms with Crippen LogP contribution in [0.25, 0.3) is 22.2 Å². The molecular weight excluding hydrogens is 434 g/mol. The number of aryl methyl sites for hydroxylation is 1. The van der Waals surface area contributed by atoms with Gasteiger partial charge < -0.3 is 19.4 Å². The molecule has 1 saturated carbocycles. The zero-order valence-electron chi connectivity index (χ0n) is 20.2. The molecule has 0 amide bonds. The Labute approximate surface area is 198 Å². The van der Waals surface area contributed by atoms with Gasteiger partial charge in [0.05, 0.1) is 11.4 Å². The number of nitrogens with one attached hydrogen (secondary N) is 2. The summed E-state index contributed by atoms with van der Waals surface area (Å²) in [5, 5.41) is 4.78. The lowest BCUT2D eigenvalue weighted by molar-refractivity contribution is 0.292. The van der Waals surface area contributed by atoms with E-state index in [9.17, 15) is 9.00 Å². The molecule has 1 atom stereocenters. The van der Waals surface area contributed by atoms with Crippen LogP contribution in [-0.2, 0) is 18.1 Å². The minimum Gasteiger partial charge on any atom is -0.354 e. The van der Waals surface area contributed by atoms with E-state index in [1.165, 1.54) is 16.5 Å². The maximum atomic E-state index is 12.4. The van der Waals surface area contributed by atoms with Crippen LogP contribution in [0.15, 0.2) is 29.2 Å². The molecule has 2 heterocycles. The summed E-state index contributed by atoms with van der Waals surface area (Å²) in [4.78, 5) is 16.0. The van der Waals surface area contributed by atoms with E-state index >= 15 is 0 Å². The Hall–Kier alpha value is -2.22. The van der Waals surface area contributed by atoms with E-state index < -0.39 is 11.1 Å². The fourth-order valence-corrected chi connectivity index (χ4v) is 5.47. The first-order valence-electron chi connectivity index (χ1n) is 11.8. The van der Waals surface area contributed by atoms with Gasteiger partial charge in [-0.15, -0.1) is 0 Å². The molecule has 3 N–H and O–H groups in total. The van der Waals surface area contributed by atoms with Gasteiger partial charge in [0.2, 0.25) is 0 Å². The van der Waals surface area contributed by atoms with Crippen molar-refractivity contribution in [2.75, 3.05) is 12.3 Å². The largest absolute Gasteiger partial charge is 0.354 e. The summed E-state index contributed by atoms with van der Waals surface area (Å²) in [6, 6.07) is 7.27. The normalized spacial score (nSPS) is 19.2. The second-order valence-electron chi connectivity index (χ2n) is 9.78. The summed E-state index contributed by atoms with van der Waals surface area (Å²) in [5.41, 5.74) is 7.90. The summed E-state index contributed by atoms with van der Waals surface area (Å²) in [5.74, 6) is 1.22. The average Bonchev–Trinajstić information content (AvgIpc) is 3.11. The Balaban J connectivity index is 1.60. The number of hydrogen-bond acceptors (Lipinski definition) is 3. The van der Waals surface area contributed by atoms with Gasteiger partial charge in [-0.25, -0.2) is 4.21 Å². The Bertz CT molecular complexity index is 1250. The second-order valence-corrected chi connectivity index (χ2v) is 10.8. The first kappa shape index (κ1) is 23.9. The van der Waals surface area contributed by atoms with Crippen LogP contribution in [0.2, 0.25) is 0 Å². The van der Waals surface area contributed by atoms with Gasteiger partial charge in [0, 0.05) is 41.3 Å². The number of rotatable bonds is 8. The molecule has 0 aliphatic heterocycles. The zero-order chi connectivity index (χ0) is 23.9. The standard InChI is InChI=1S/C26H35N3O3S/c1-15(2)24-21-13-18(19-11-20(12-19)27-9-6-10-33(31)32)7-8-23(21)28-25(24)22-14-29(5)26(30)17(4)16(22)3/h7-8,13-15,19-20,27-28H,6,9-12H2,1-5H3,(H,31,32). The lowest BCUT2D eigenvalue weighted by atomic mass is 9.75. The molecule has 1 unspecified atom stereocenters. The number of H-pyrrole nitrogens is 1. The van der Waals surface area contributed by atoms with Crippen LogP contribution in [0.3, 0.4) is 0 Å². The Morgan fingerprint density at radius 1 is 1.24 bits per heavy atom. The number of nitrogens with zero attached hydrogens (tertiary/aromatic N) is 1. The first-order valence-corrected chi connectivity index (χ1v) is 13.1. The van der Waals surface area contributed by atoms with Crippen LogP contribution < -0.4 is 10.9 Å². The van der Waals surface area contributed by atoms with E-state index in [1.807, 2.05) is 27.1 Å². The van der Waals surface area contributed by atoms with Crippen molar-refractivity contribution in [1.29, 1.82) is 0 Å². The molecule has 4 rings (SSSR count). The third-order valence-corrected chi connectivity index (χ3v) is 7.82. The number of fused-ring (bicyclic) bond motifs is 1. The molecule has 1 aromatic carbocycles. The fourth-order valence-electron chi connectivity index (χ4n) is 5.08. The maximum absolute atomic E-state index is 12.4. The summed E-state index contributed by atoms with van der Waals surface area (Å²) < 4.78 is 21.3. The molecular formula is C26H35N3O3S. The number of pyridine rings is 1.